The molecular formula is C17H28BrNSi. The lowest BCUT2D eigenvalue weighted by Crippen LogP contribution is -2.60. The van der Waals surface area contributed by atoms with Crippen molar-refractivity contribution in [2.45, 2.75) is 64.6 Å². The average Bonchev–Trinajstić information content (AvgIpc) is 2.72. The van der Waals surface area contributed by atoms with Crippen LogP contribution in [0.4, 0.5) is 5.69 Å². The minimum atomic E-state index is -1.55. The van der Waals surface area contributed by atoms with Crippen LogP contribution in [0.3, 0.4) is 0 Å². The molecule has 20 heavy (non-hydrogen) atoms. The molecule has 1 heterocycles. The molecule has 0 atom stereocenters. The van der Waals surface area contributed by atoms with Crippen molar-refractivity contribution < 1.29 is 0 Å². The zero-order chi connectivity index (χ0) is 15.1. The number of benzene rings is 1. The predicted octanol–water partition coefficient (Wildman–Crippen LogP) is 5.99. The number of halogens is 1. The fraction of sp³-hybridized carbons (Fsp3) is 0.647. The smallest absolute Gasteiger partial charge is 0.164 e. The van der Waals surface area contributed by atoms with Gasteiger partial charge in [0, 0.05) is 16.7 Å². The van der Waals surface area contributed by atoms with Gasteiger partial charge in [0.2, 0.25) is 0 Å². The van der Waals surface area contributed by atoms with Gasteiger partial charge in [-0.2, -0.15) is 0 Å². The average molecular weight is 354 g/mol. The summed E-state index contributed by atoms with van der Waals surface area (Å²) in [6, 6.07) is 6.86. The monoisotopic (exact) mass is 353 g/mol. The molecule has 1 aromatic carbocycles. The topological polar surface area (TPSA) is 3.24 Å². The first-order valence-electron chi connectivity index (χ1n) is 7.87. The molecular weight excluding hydrogens is 326 g/mol. The van der Waals surface area contributed by atoms with E-state index in [9.17, 15) is 0 Å². The lowest BCUT2D eigenvalue weighted by Gasteiger charge is -2.51. The van der Waals surface area contributed by atoms with Crippen molar-refractivity contribution in [3.63, 3.8) is 0 Å². The van der Waals surface area contributed by atoms with E-state index in [1.165, 1.54) is 28.7 Å². The number of fused-ring (bicyclic) bond motifs is 1. The van der Waals surface area contributed by atoms with Gasteiger partial charge >= 0.3 is 0 Å². The van der Waals surface area contributed by atoms with E-state index in [0.29, 0.717) is 0 Å². The van der Waals surface area contributed by atoms with Crippen LogP contribution >= 0.6 is 15.9 Å². The first kappa shape index (κ1) is 16.1. The Balaban J connectivity index is 2.53. The van der Waals surface area contributed by atoms with Crippen LogP contribution in [0.1, 0.15) is 47.1 Å². The summed E-state index contributed by atoms with van der Waals surface area (Å²) in [5.74, 6) is 0. The fourth-order valence-electron chi connectivity index (χ4n) is 4.71. The molecule has 0 saturated heterocycles. The summed E-state index contributed by atoms with van der Waals surface area (Å²) in [5, 5.41) is 0. The summed E-state index contributed by atoms with van der Waals surface area (Å²) in [6.07, 6.45) is 1.20. The van der Waals surface area contributed by atoms with Crippen molar-refractivity contribution in [2.75, 3.05) is 11.1 Å². The molecule has 1 aliphatic heterocycles. The van der Waals surface area contributed by atoms with E-state index in [2.05, 4.69) is 80.2 Å². The lowest BCUT2D eigenvalue weighted by atomic mass is 10.2. The molecule has 1 nitrogen and oxygen atoms in total. The normalized spacial score (nSPS) is 15.6. The van der Waals surface area contributed by atoms with Crippen LogP contribution in [-0.4, -0.2) is 14.8 Å². The summed E-state index contributed by atoms with van der Waals surface area (Å²) < 4.78 is 4.05. The molecule has 2 rings (SSSR count). The van der Waals surface area contributed by atoms with Crippen molar-refractivity contribution >= 4 is 29.9 Å². The highest BCUT2D eigenvalue weighted by molar-refractivity contribution is 9.10. The Morgan fingerprint density at radius 1 is 1.00 bits per heavy atom. The van der Waals surface area contributed by atoms with Crippen LogP contribution in [0.15, 0.2) is 22.7 Å². The molecule has 0 aromatic heterocycles. The Kier molecular flexibility index (Phi) is 4.70. The molecule has 0 N–H and O–H groups in total. The highest BCUT2D eigenvalue weighted by atomic mass is 79.9. The van der Waals surface area contributed by atoms with Gasteiger partial charge in [-0.15, -0.1) is 0 Å². The molecule has 0 radical (unpaired) electrons. The van der Waals surface area contributed by atoms with Crippen molar-refractivity contribution in [2.24, 2.45) is 0 Å². The summed E-state index contributed by atoms with van der Waals surface area (Å²) in [6.45, 7) is 15.9. The van der Waals surface area contributed by atoms with Crippen molar-refractivity contribution in [3.05, 3.63) is 28.2 Å². The largest absolute Gasteiger partial charge is 0.396 e. The standard InChI is InChI=1S/C17H28BrNSi/c1-12(2)20(13(3)4,14(5)6)19-10-9-15-11-16(18)7-8-17(15)19/h7-8,11-14H,9-10H2,1-6H3. The van der Waals surface area contributed by atoms with Gasteiger partial charge in [0.25, 0.3) is 0 Å². The minimum Gasteiger partial charge on any atom is -0.396 e. The third-order valence-electron chi connectivity index (χ3n) is 5.18. The van der Waals surface area contributed by atoms with E-state index in [1.807, 2.05) is 0 Å². The van der Waals surface area contributed by atoms with Gasteiger partial charge in [-0.25, -0.2) is 0 Å². The summed E-state index contributed by atoms with van der Waals surface area (Å²) in [4.78, 5) is 0. The van der Waals surface area contributed by atoms with Crippen molar-refractivity contribution in [1.82, 2.24) is 0 Å². The van der Waals surface area contributed by atoms with Crippen molar-refractivity contribution in [1.29, 1.82) is 0 Å². The molecule has 3 heteroatoms. The van der Waals surface area contributed by atoms with E-state index in [0.717, 1.165) is 16.6 Å². The Bertz CT molecular complexity index is 460. The molecule has 0 fully saturated rings. The van der Waals surface area contributed by atoms with E-state index in [4.69, 9.17) is 0 Å². The second-order valence-corrected chi connectivity index (χ2v) is 13.7. The molecule has 0 aliphatic carbocycles. The highest BCUT2D eigenvalue weighted by Crippen LogP contribution is 2.48. The number of rotatable bonds is 4. The Hall–Kier alpha value is -0.283. The third-order valence-corrected chi connectivity index (χ3v) is 12.6. The van der Waals surface area contributed by atoms with Crippen molar-refractivity contribution in [3.8, 4) is 0 Å². The highest BCUT2D eigenvalue weighted by Gasteiger charge is 2.49. The van der Waals surface area contributed by atoms with Gasteiger partial charge in [-0.05, 0) is 46.8 Å². The number of hydrogen-bond acceptors (Lipinski definition) is 1. The zero-order valence-electron chi connectivity index (χ0n) is 13.7. The maximum absolute atomic E-state index is 3.61. The summed E-state index contributed by atoms with van der Waals surface area (Å²) in [5.41, 5.74) is 5.36. The minimum absolute atomic E-state index is 0.775. The van der Waals surface area contributed by atoms with E-state index in [-0.39, 0.29) is 0 Å². The van der Waals surface area contributed by atoms with Gasteiger partial charge < -0.3 is 4.57 Å². The van der Waals surface area contributed by atoms with Crippen LogP contribution in [0.25, 0.3) is 0 Å². The SMILES string of the molecule is CC(C)[Si](C(C)C)(C(C)C)N1CCc2cc(Br)ccc21. The predicted molar refractivity (Wildman–Crippen MR) is 96.2 cm³/mol. The second-order valence-electron chi connectivity index (χ2n) is 7.03. The van der Waals surface area contributed by atoms with E-state index < -0.39 is 8.24 Å². The van der Waals surface area contributed by atoms with Gasteiger partial charge in [-0.3, -0.25) is 0 Å². The van der Waals surface area contributed by atoms with Crippen LogP contribution in [0.5, 0.6) is 0 Å². The van der Waals surface area contributed by atoms with E-state index in [1.54, 1.807) is 0 Å². The van der Waals surface area contributed by atoms with E-state index >= 15 is 0 Å². The van der Waals surface area contributed by atoms with Gasteiger partial charge in [0.1, 0.15) is 0 Å². The van der Waals surface area contributed by atoms with Gasteiger partial charge in [0.15, 0.2) is 8.24 Å². The van der Waals surface area contributed by atoms with Crippen LogP contribution in [0.2, 0.25) is 16.6 Å². The number of anilines is 1. The maximum Gasteiger partial charge on any atom is 0.164 e. The molecule has 0 unspecified atom stereocenters. The summed E-state index contributed by atoms with van der Waals surface area (Å²) >= 11 is 3.61. The Labute approximate surface area is 134 Å². The Morgan fingerprint density at radius 2 is 1.55 bits per heavy atom. The zero-order valence-corrected chi connectivity index (χ0v) is 16.3. The molecule has 1 aliphatic rings. The quantitative estimate of drug-likeness (QED) is 0.601. The second kappa shape index (κ2) is 5.84. The van der Waals surface area contributed by atoms with Crippen LogP contribution in [-0.2, 0) is 6.42 Å². The van der Waals surface area contributed by atoms with Gasteiger partial charge in [-0.1, -0.05) is 57.5 Å². The first-order chi connectivity index (χ1) is 9.31. The number of hydrogen-bond donors (Lipinski definition) is 0. The van der Waals surface area contributed by atoms with Crippen LogP contribution < -0.4 is 4.57 Å². The molecule has 1 aromatic rings. The lowest BCUT2D eigenvalue weighted by molar-refractivity contribution is 0.777. The molecule has 0 bridgehead atoms. The fourth-order valence-corrected chi connectivity index (χ4v) is 12.1. The third kappa shape index (κ3) is 2.37. The molecule has 0 amide bonds. The molecule has 0 saturated carbocycles. The number of nitrogens with zero attached hydrogens (tertiary/aromatic N) is 1. The van der Waals surface area contributed by atoms with Gasteiger partial charge in [0.05, 0.1) is 0 Å². The maximum atomic E-state index is 3.61. The molecule has 112 valence electrons. The first-order valence-corrected chi connectivity index (χ1v) is 10.8. The Morgan fingerprint density at radius 3 is 2.05 bits per heavy atom. The molecule has 0 spiro atoms. The van der Waals surface area contributed by atoms with Crippen LogP contribution in [0, 0.1) is 0 Å². The summed E-state index contributed by atoms with van der Waals surface area (Å²) in [7, 11) is -1.55.